The summed E-state index contributed by atoms with van der Waals surface area (Å²) in [5.41, 5.74) is 2.79. The van der Waals surface area contributed by atoms with E-state index in [2.05, 4.69) is 14.7 Å². The van der Waals surface area contributed by atoms with Gasteiger partial charge in [-0.05, 0) is 0 Å². The van der Waals surface area contributed by atoms with E-state index in [0.717, 1.165) is 5.56 Å². The van der Waals surface area contributed by atoms with Gasteiger partial charge < -0.3 is 4.52 Å². The number of benzene rings is 1. The first kappa shape index (κ1) is 9.42. The fourth-order valence-electron chi connectivity index (χ4n) is 1.13. The van der Waals surface area contributed by atoms with Crippen LogP contribution >= 0.6 is 0 Å². The molecule has 0 aliphatic rings. The molecule has 0 fully saturated rings. The molecule has 1 heterocycles. The maximum absolute atomic E-state index is 8.94. The molecule has 76 valence electrons. The van der Waals surface area contributed by atoms with E-state index in [1.165, 1.54) is 6.26 Å². The maximum atomic E-state index is 8.94. The molecular formula is C10H9N3O2. The quantitative estimate of drug-likeness (QED) is 0.443. The van der Waals surface area contributed by atoms with Crippen LogP contribution in [0.5, 0.6) is 0 Å². The summed E-state index contributed by atoms with van der Waals surface area (Å²) >= 11 is 0. The van der Waals surface area contributed by atoms with Gasteiger partial charge in [0.15, 0.2) is 11.7 Å². The van der Waals surface area contributed by atoms with Gasteiger partial charge in [-0.2, -0.15) is 0 Å². The summed E-state index contributed by atoms with van der Waals surface area (Å²) in [6.07, 6.45) is 1.42. The molecule has 0 aliphatic carbocycles. The second-order valence-electron chi connectivity index (χ2n) is 2.80. The van der Waals surface area contributed by atoms with E-state index in [9.17, 15) is 0 Å². The smallest absolute Gasteiger partial charge is 0.197 e. The first-order valence-corrected chi connectivity index (χ1v) is 4.35. The highest BCUT2D eigenvalue weighted by Crippen LogP contribution is 2.09. The van der Waals surface area contributed by atoms with Gasteiger partial charge in [-0.25, -0.2) is 4.99 Å². The van der Waals surface area contributed by atoms with E-state index in [1.807, 2.05) is 35.8 Å². The van der Waals surface area contributed by atoms with Crippen LogP contribution in [0.4, 0.5) is 5.82 Å². The number of hydrogen-bond donors (Lipinski definition) is 2. The van der Waals surface area contributed by atoms with Crippen molar-refractivity contribution in [2.45, 2.75) is 0 Å². The molecule has 1 aromatic heterocycles. The molecule has 2 aromatic rings. The van der Waals surface area contributed by atoms with Gasteiger partial charge in [0.1, 0.15) is 6.26 Å². The lowest BCUT2D eigenvalue weighted by molar-refractivity contribution is 0.235. The van der Waals surface area contributed by atoms with Crippen LogP contribution in [0.3, 0.4) is 0 Å². The third-order valence-electron chi connectivity index (χ3n) is 1.80. The first-order chi connectivity index (χ1) is 7.40. The van der Waals surface area contributed by atoms with Crippen molar-refractivity contribution in [1.82, 2.24) is 10.6 Å². The molecule has 0 atom stereocenters. The molecule has 0 unspecified atom stereocenters. The topological polar surface area (TPSA) is 70.7 Å². The zero-order valence-corrected chi connectivity index (χ0v) is 7.79. The van der Waals surface area contributed by atoms with Crippen molar-refractivity contribution in [3.05, 3.63) is 48.2 Å². The first-order valence-electron chi connectivity index (χ1n) is 4.35. The molecule has 2 N–H and O–H groups in total. The van der Waals surface area contributed by atoms with Crippen molar-refractivity contribution in [3.63, 3.8) is 0 Å². The lowest BCUT2D eigenvalue weighted by Crippen LogP contribution is -2.19. The Morgan fingerprint density at radius 2 is 2.07 bits per heavy atom. The van der Waals surface area contributed by atoms with Gasteiger partial charge in [0.2, 0.25) is 0 Å². The average molecular weight is 203 g/mol. The van der Waals surface area contributed by atoms with Crippen LogP contribution in [-0.4, -0.2) is 16.2 Å². The van der Waals surface area contributed by atoms with Crippen molar-refractivity contribution in [1.29, 1.82) is 0 Å². The van der Waals surface area contributed by atoms with Crippen molar-refractivity contribution in [3.8, 4) is 0 Å². The highest BCUT2D eigenvalue weighted by Gasteiger charge is 2.02. The summed E-state index contributed by atoms with van der Waals surface area (Å²) < 4.78 is 4.63. The van der Waals surface area contributed by atoms with Crippen LogP contribution in [0, 0.1) is 0 Å². The van der Waals surface area contributed by atoms with Gasteiger partial charge in [0.25, 0.3) is 0 Å². The summed E-state index contributed by atoms with van der Waals surface area (Å²) in [7, 11) is 0. The zero-order chi connectivity index (χ0) is 10.5. The van der Waals surface area contributed by atoms with Crippen molar-refractivity contribution in [2.24, 2.45) is 4.99 Å². The highest BCUT2D eigenvalue weighted by molar-refractivity contribution is 5.99. The largest absolute Gasteiger partial charge is 0.363 e. The third kappa shape index (κ3) is 2.21. The van der Waals surface area contributed by atoms with Gasteiger partial charge in [-0.1, -0.05) is 35.5 Å². The minimum absolute atomic E-state index is 0.324. The number of amidine groups is 1. The van der Waals surface area contributed by atoms with Crippen molar-refractivity contribution < 1.29 is 9.73 Å². The Hall–Kier alpha value is -2.14. The Balaban J connectivity index is 2.33. The van der Waals surface area contributed by atoms with Crippen LogP contribution in [0.2, 0.25) is 0 Å². The number of hydrogen-bond acceptors (Lipinski definition) is 4. The van der Waals surface area contributed by atoms with E-state index in [0.29, 0.717) is 11.7 Å². The molecule has 15 heavy (non-hydrogen) atoms. The average Bonchev–Trinajstić information content (AvgIpc) is 2.80. The van der Waals surface area contributed by atoms with Gasteiger partial charge in [0.05, 0.1) is 0 Å². The SMILES string of the molecule is ONC(=Nc1ccon1)c1ccccc1. The molecule has 5 nitrogen and oxygen atoms in total. The molecule has 1 aromatic carbocycles. The normalized spacial score (nSPS) is 11.4. The molecule has 5 heteroatoms. The van der Waals surface area contributed by atoms with E-state index >= 15 is 0 Å². The summed E-state index contributed by atoms with van der Waals surface area (Å²) in [5, 5.41) is 12.6. The fraction of sp³-hybridized carbons (Fsp3) is 0. The van der Waals surface area contributed by atoms with Crippen LogP contribution < -0.4 is 5.48 Å². The van der Waals surface area contributed by atoms with Crippen LogP contribution in [0.15, 0.2) is 52.2 Å². The lowest BCUT2D eigenvalue weighted by Gasteiger charge is -2.02. The highest BCUT2D eigenvalue weighted by atomic mass is 16.5. The van der Waals surface area contributed by atoms with E-state index < -0.39 is 0 Å². The van der Waals surface area contributed by atoms with Gasteiger partial charge in [-0.15, -0.1) is 0 Å². The maximum Gasteiger partial charge on any atom is 0.197 e. The minimum Gasteiger partial charge on any atom is -0.363 e. The fourth-order valence-corrected chi connectivity index (χ4v) is 1.13. The van der Waals surface area contributed by atoms with E-state index in [-0.39, 0.29) is 0 Å². The molecular weight excluding hydrogens is 194 g/mol. The second kappa shape index (κ2) is 4.39. The van der Waals surface area contributed by atoms with Crippen molar-refractivity contribution >= 4 is 11.7 Å². The van der Waals surface area contributed by atoms with Crippen LogP contribution in [-0.2, 0) is 0 Å². The lowest BCUT2D eigenvalue weighted by atomic mass is 10.2. The number of aliphatic imine (C=N–C) groups is 1. The second-order valence-corrected chi connectivity index (χ2v) is 2.80. The van der Waals surface area contributed by atoms with Crippen LogP contribution in [0.1, 0.15) is 5.56 Å². The molecule has 0 radical (unpaired) electrons. The summed E-state index contributed by atoms with van der Waals surface area (Å²) in [6.45, 7) is 0. The standard InChI is InChI=1S/C10H9N3O2/c14-12-10(8-4-2-1-3-5-8)11-9-6-7-15-13-9/h1-7,14H,(H,11,12,13). The molecule has 0 spiro atoms. The summed E-state index contributed by atoms with van der Waals surface area (Å²) in [5.74, 6) is 0.722. The number of nitrogens with one attached hydrogen (secondary N) is 1. The predicted molar refractivity (Wildman–Crippen MR) is 54.1 cm³/mol. The zero-order valence-electron chi connectivity index (χ0n) is 7.79. The summed E-state index contributed by atoms with van der Waals surface area (Å²) in [6, 6.07) is 10.8. The molecule has 0 aliphatic heterocycles. The Bertz CT molecular complexity index is 437. The molecule has 2 rings (SSSR count). The molecule has 0 bridgehead atoms. The Morgan fingerprint density at radius 1 is 1.27 bits per heavy atom. The van der Waals surface area contributed by atoms with Crippen LogP contribution in [0.25, 0.3) is 0 Å². The van der Waals surface area contributed by atoms with Crippen molar-refractivity contribution in [2.75, 3.05) is 0 Å². The van der Waals surface area contributed by atoms with E-state index in [4.69, 9.17) is 5.21 Å². The number of rotatable bonds is 2. The Kier molecular flexibility index (Phi) is 2.75. The number of nitrogens with zero attached hydrogens (tertiary/aromatic N) is 2. The molecule has 0 saturated carbocycles. The van der Waals surface area contributed by atoms with Gasteiger partial charge in [0, 0.05) is 11.6 Å². The summed E-state index contributed by atoms with van der Waals surface area (Å²) in [4.78, 5) is 4.06. The van der Waals surface area contributed by atoms with Gasteiger partial charge in [-0.3, -0.25) is 10.7 Å². The van der Waals surface area contributed by atoms with E-state index in [1.54, 1.807) is 6.07 Å². The minimum atomic E-state index is 0.324. The predicted octanol–water partition coefficient (Wildman–Crippen LogP) is 1.73. The number of hydroxylamine groups is 1. The van der Waals surface area contributed by atoms with Gasteiger partial charge >= 0.3 is 0 Å². The molecule has 0 saturated heterocycles. The Labute approximate surface area is 86.0 Å². The Morgan fingerprint density at radius 3 is 2.67 bits per heavy atom. The monoisotopic (exact) mass is 203 g/mol. The third-order valence-corrected chi connectivity index (χ3v) is 1.80. The number of aromatic nitrogens is 1. The molecule has 0 amide bonds.